The van der Waals surface area contributed by atoms with E-state index in [1.54, 1.807) is 7.11 Å². The average Bonchev–Trinajstić information content (AvgIpc) is 3.10. The van der Waals surface area contributed by atoms with Gasteiger partial charge in [0.05, 0.1) is 30.9 Å². The maximum atomic E-state index is 5.26. The summed E-state index contributed by atoms with van der Waals surface area (Å²) in [7, 11) is 1.69. The summed E-state index contributed by atoms with van der Waals surface area (Å²) in [6, 6.07) is 8.12. The van der Waals surface area contributed by atoms with Crippen molar-refractivity contribution >= 4 is 16.7 Å². The van der Waals surface area contributed by atoms with Gasteiger partial charge >= 0.3 is 0 Å². The van der Waals surface area contributed by atoms with Crippen molar-refractivity contribution in [2.45, 2.75) is 39.8 Å². The first-order chi connectivity index (χ1) is 13.9. The van der Waals surface area contributed by atoms with Crippen molar-refractivity contribution in [2.75, 3.05) is 38.2 Å². The van der Waals surface area contributed by atoms with Gasteiger partial charge in [-0.05, 0) is 51.0 Å². The minimum absolute atomic E-state index is 0.220. The van der Waals surface area contributed by atoms with Crippen LogP contribution in [0.3, 0.4) is 0 Å². The Kier molecular flexibility index (Phi) is 5.21. The Hall–Kier alpha value is -2.60. The van der Waals surface area contributed by atoms with Gasteiger partial charge in [0.15, 0.2) is 5.65 Å². The first-order valence-corrected chi connectivity index (χ1v) is 10.3. The number of methoxy groups -OCH3 is 1. The molecule has 3 aromatic rings. The van der Waals surface area contributed by atoms with E-state index < -0.39 is 0 Å². The highest BCUT2D eigenvalue weighted by atomic mass is 16.5. The molecule has 0 unspecified atom stereocenters. The van der Waals surface area contributed by atoms with Gasteiger partial charge < -0.3 is 9.64 Å². The van der Waals surface area contributed by atoms with Crippen molar-refractivity contribution in [3.8, 4) is 5.75 Å². The second-order valence-corrected chi connectivity index (χ2v) is 8.82. The number of aryl methyl sites for hydroxylation is 1. The number of rotatable bonds is 4. The molecule has 1 saturated heterocycles. The molecule has 0 amide bonds. The predicted molar refractivity (Wildman–Crippen MR) is 118 cm³/mol. The topological polar surface area (TPSA) is 46.4 Å². The second-order valence-electron chi connectivity index (χ2n) is 8.82. The zero-order valence-corrected chi connectivity index (χ0v) is 18.1. The number of hydrogen-bond donors (Lipinski definition) is 0. The molecule has 1 fully saturated rings. The molecule has 0 aliphatic carbocycles. The molecule has 0 spiro atoms. The minimum atomic E-state index is 0.220. The molecular formula is C23H31N5O. The third kappa shape index (κ3) is 3.94. The molecule has 29 heavy (non-hydrogen) atoms. The number of nitrogens with zero attached hydrogens (tertiary/aromatic N) is 5. The van der Waals surface area contributed by atoms with Gasteiger partial charge in [-0.1, -0.05) is 12.1 Å². The first kappa shape index (κ1) is 19.7. The molecule has 4 rings (SSSR count). The summed E-state index contributed by atoms with van der Waals surface area (Å²) in [5.41, 5.74) is 4.84. The minimum Gasteiger partial charge on any atom is -0.497 e. The summed E-state index contributed by atoms with van der Waals surface area (Å²) in [4.78, 5) is 9.78. The molecule has 0 saturated carbocycles. The largest absolute Gasteiger partial charge is 0.497 e. The zero-order chi connectivity index (χ0) is 20.6. The monoisotopic (exact) mass is 393 g/mol. The van der Waals surface area contributed by atoms with E-state index in [4.69, 9.17) is 9.72 Å². The third-order valence-corrected chi connectivity index (χ3v) is 5.86. The molecule has 3 heterocycles. The molecule has 6 nitrogen and oxygen atoms in total. The quantitative estimate of drug-likeness (QED) is 0.676. The molecule has 2 aromatic heterocycles. The van der Waals surface area contributed by atoms with Gasteiger partial charge in [0.1, 0.15) is 5.75 Å². The van der Waals surface area contributed by atoms with Gasteiger partial charge in [-0.15, -0.1) is 0 Å². The first-order valence-electron chi connectivity index (χ1n) is 10.3. The van der Waals surface area contributed by atoms with E-state index in [0.717, 1.165) is 43.0 Å². The van der Waals surface area contributed by atoms with Gasteiger partial charge in [0, 0.05) is 37.9 Å². The van der Waals surface area contributed by atoms with Crippen LogP contribution in [0.2, 0.25) is 0 Å². The van der Waals surface area contributed by atoms with Crippen LogP contribution in [-0.2, 0) is 6.54 Å². The van der Waals surface area contributed by atoms with E-state index in [9.17, 15) is 0 Å². The smallest absolute Gasteiger partial charge is 0.160 e. The number of ether oxygens (including phenoxy) is 1. The zero-order valence-electron chi connectivity index (χ0n) is 18.1. The Balaban J connectivity index is 1.60. The normalized spacial score (nSPS) is 15.8. The molecule has 0 radical (unpaired) electrons. The molecule has 0 atom stereocenters. The van der Waals surface area contributed by atoms with Crippen LogP contribution in [0.4, 0.5) is 5.69 Å². The van der Waals surface area contributed by atoms with Crippen LogP contribution in [-0.4, -0.2) is 58.5 Å². The Morgan fingerprint density at radius 2 is 1.69 bits per heavy atom. The fraction of sp³-hybridized carbons (Fsp3) is 0.478. The maximum Gasteiger partial charge on any atom is 0.160 e. The lowest BCUT2D eigenvalue weighted by atomic mass is 10.0. The SMILES string of the molecule is COc1ccc(Cn2ncc3c(N4CCN(C(C)(C)C)CC4)c(C)cnc32)cc1. The second kappa shape index (κ2) is 7.67. The summed E-state index contributed by atoms with van der Waals surface area (Å²) in [5.74, 6) is 0.865. The molecule has 0 bridgehead atoms. The number of benzene rings is 1. The van der Waals surface area contributed by atoms with Crippen LogP contribution in [0.15, 0.2) is 36.7 Å². The lowest BCUT2D eigenvalue weighted by molar-refractivity contribution is 0.128. The lowest BCUT2D eigenvalue weighted by Gasteiger charge is -2.43. The molecule has 154 valence electrons. The van der Waals surface area contributed by atoms with Crippen molar-refractivity contribution in [1.29, 1.82) is 0 Å². The van der Waals surface area contributed by atoms with Gasteiger partial charge in [-0.2, -0.15) is 5.10 Å². The number of hydrogen-bond acceptors (Lipinski definition) is 5. The highest BCUT2D eigenvalue weighted by molar-refractivity contribution is 5.91. The van der Waals surface area contributed by atoms with Crippen molar-refractivity contribution < 1.29 is 4.74 Å². The molecule has 1 aliphatic heterocycles. The van der Waals surface area contributed by atoms with Crippen LogP contribution in [0, 0.1) is 6.92 Å². The van der Waals surface area contributed by atoms with Gasteiger partial charge in [-0.25, -0.2) is 9.67 Å². The number of aromatic nitrogens is 3. The van der Waals surface area contributed by atoms with Crippen molar-refractivity contribution in [3.63, 3.8) is 0 Å². The van der Waals surface area contributed by atoms with E-state index in [2.05, 4.69) is 54.7 Å². The Morgan fingerprint density at radius 3 is 2.31 bits per heavy atom. The van der Waals surface area contributed by atoms with Crippen LogP contribution in [0.25, 0.3) is 11.0 Å². The maximum absolute atomic E-state index is 5.26. The van der Waals surface area contributed by atoms with Crippen molar-refractivity contribution in [1.82, 2.24) is 19.7 Å². The van der Waals surface area contributed by atoms with E-state index in [-0.39, 0.29) is 5.54 Å². The van der Waals surface area contributed by atoms with Crippen molar-refractivity contribution in [3.05, 3.63) is 47.8 Å². The summed E-state index contributed by atoms with van der Waals surface area (Å²) < 4.78 is 7.25. The van der Waals surface area contributed by atoms with E-state index in [1.807, 2.05) is 29.2 Å². The fourth-order valence-electron chi connectivity index (χ4n) is 4.15. The Morgan fingerprint density at radius 1 is 1.00 bits per heavy atom. The van der Waals surface area contributed by atoms with Crippen LogP contribution in [0.5, 0.6) is 5.75 Å². The molecular weight excluding hydrogens is 362 g/mol. The molecule has 1 aromatic carbocycles. The van der Waals surface area contributed by atoms with Gasteiger partial charge in [0.2, 0.25) is 0 Å². The van der Waals surface area contributed by atoms with Crippen LogP contribution >= 0.6 is 0 Å². The lowest BCUT2D eigenvalue weighted by Crippen LogP contribution is -2.53. The van der Waals surface area contributed by atoms with Crippen molar-refractivity contribution in [2.24, 2.45) is 0 Å². The standard InChI is InChI=1S/C23H31N5O/c1-17-14-24-22-20(21(17)26-10-12-27(13-11-26)23(2,3)4)15-25-28(22)16-18-6-8-19(29-5)9-7-18/h6-9,14-15H,10-13,16H2,1-5H3. The Bertz CT molecular complexity index is 979. The summed E-state index contributed by atoms with van der Waals surface area (Å²) in [5, 5.41) is 5.81. The number of pyridine rings is 1. The predicted octanol–water partition coefficient (Wildman–Crippen LogP) is 3.72. The van der Waals surface area contributed by atoms with Gasteiger partial charge in [0.25, 0.3) is 0 Å². The number of piperazine rings is 1. The van der Waals surface area contributed by atoms with E-state index in [0.29, 0.717) is 6.54 Å². The summed E-state index contributed by atoms with van der Waals surface area (Å²) in [6.07, 6.45) is 3.96. The van der Waals surface area contributed by atoms with E-state index in [1.165, 1.54) is 16.8 Å². The van der Waals surface area contributed by atoms with Crippen LogP contribution < -0.4 is 9.64 Å². The van der Waals surface area contributed by atoms with E-state index >= 15 is 0 Å². The highest BCUT2D eigenvalue weighted by Crippen LogP contribution is 2.31. The van der Waals surface area contributed by atoms with Gasteiger partial charge in [-0.3, -0.25) is 4.90 Å². The number of fused-ring (bicyclic) bond motifs is 1. The summed E-state index contributed by atoms with van der Waals surface area (Å²) in [6.45, 7) is 13.9. The average molecular weight is 394 g/mol. The molecule has 0 N–H and O–H groups in total. The highest BCUT2D eigenvalue weighted by Gasteiger charge is 2.27. The fourth-order valence-corrected chi connectivity index (χ4v) is 4.15. The molecule has 1 aliphatic rings. The summed E-state index contributed by atoms with van der Waals surface area (Å²) >= 11 is 0. The molecule has 6 heteroatoms. The number of anilines is 1. The Labute approximate surface area is 173 Å². The van der Waals surface area contributed by atoms with Crippen LogP contribution in [0.1, 0.15) is 31.9 Å². The third-order valence-electron chi connectivity index (χ3n) is 5.86.